The fraction of sp³-hybridized carbons (Fsp3) is 0.0833. The second kappa shape index (κ2) is 15.6. The highest BCUT2D eigenvalue weighted by molar-refractivity contribution is 5.90. The van der Waals surface area contributed by atoms with Crippen LogP contribution in [-0.4, -0.2) is 50.2 Å². The zero-order chi connectivity index (χ0) is 18.1. The van der Waals surface area contributed by atoms with Crippen molar-refractivity contribution >= 4 is 29.8 Å². The molecule has 1 amide bonds. The molecular weight excluding hydrogens is 302 g/mol. The van der Waals surface area contributed by atoms with Crippen molar-refractivity contribution in [3.8, 4) is 0 Å². The summed E-state index contributed by atoms with van der Waals surface area (Å²) >= 11 is 0. The number of amides is 1. The molecule has 0 aliphatic carbocycles. The first-order chi connectivity index (χ1) is 10.0. The van der Waals surface area contributed by atoms with Crippen LogP contribution in [0.25, 0.3) is 0 Å². The van der Waals surface area contributed by atoms with Crippen molar-refractivity contribution in [2.24, 2.45) is 5.73 Å². The summed E-state index contributed by atoms with van der Waals surface area (Å²) in [6.45, 7) is 1.74. The van der Waals surface area contributed by atoms with Crippen LogP contribution in [0.4, 0.5) is 0 Å². The Balaban J connectivity index is -0.000000249. The van der Waals surface area contributed by atoms with Gasteiger partial charge in [0.05, 0.1) is 0 Å². The van der Waals surface area contributed by atoms with E-state index >= 15 is 0 Å². The summed E-state index contributed by atoms with van der Waals surface area (Å²) in [6, 6.07) is 0. The minimum atomic E-state index is -1.26. The van der Waals surface area contributed by atoms with Crippen molar-refractivity contribution in [1.82, 2.24) is 0 Å². The number of carbonyl (C=O) groups is 5. The third-order valence-electron chi connectivity index (χ3n) is 1.07. The van der Waals surface area contributed by atoms with Crippen LogP contribution in [0.3, 0.4) is 0 Å². The molecule has 10 nitrogen and oxygen atoms in total. The maximum atomic E-state index is 9.73. The summed E-state index contributed by atoms with van der Waals surface area (Å²) in [5.74, 6) is -5.42. The van der Waals surface area contributed by atoms with Crippen molar-refractivity contribution in [3.05, 3.63) is 36.5 Å². The zero-order valence-electron chi connectivity index (χ0n) is 11.4. The number of carboxylic acids is 4. The normalized spacial score (nSPS) is 9.50. The van der Waals surface area contributed by atoms with Crippen LogP contribution in [0.2, 0.25) is 0 Å². The van der Waals surface area contributed by atoms with Crippen LogP contribution >= 0.6 is 0 Å². The molecule has 0 atom stereocenters. The van der Waals surface area contributed by atoms with E-state index < -0.39 is 29.8 Å². The van der Waals surface area contributed by atoms with Crippen molar-refractivity contribution < 1.29 is 44.4 Å². The van der Waals surface area contributed by atoms with Crippen molar-refractivity contribution in [2.45, 2.75) is 6.92 Å². The molecule has 0 aromatic heterocycles. The lowest BCUT2D eigenvalue weighted by molar-refractivity contribution is -0.134. The largest absolute Gasteiger partial charge is 0.478 e. The maximum Gasteiger partial charge on any atom is 0.328 e. The van der Waals surface area contributed by atoms with Crippen LogP contribution < -0.4 is 5.73 Å². The molecule has 0 heterocycles. The fourth-order valence-electron chi connectivity index (χ4n) is 0.449. The molecule has 0 unspecified atom stereocenters. The molecule has 10 heteroatoms. The van der Waals surface area contributed by atoms with E-state index in [1.807, 2.05) is 0 Å². The first kappa shape index (κ1) is 23.6. The van der Waals surface area contributed by atoms with E-state index in [-0.39, 0.29) is 0 Å². The first-order valence-electron chi connectivity index (χ1n) is 5.22. The van der Waals surface area contributed by atoms with Crippen LogP contribution in [0.15, 0.2) is 36.5 Å². The van der Waals surface area contributed by atoms with Crippen LogP contribution in [-0.2, 0) is 24.0 Å². The molecule has 0 saturated carbocycles. The molecule has 0 aliphatic rings. The molecule has 0 rings (SSSR count). The minimum absolute atomic E-state index is 0.391. The summed E-state index contributed by atoms with van der Waals surface area (Å²) in [5.41, 5.74) is 4.68. The van der Waals surface area contributed by atoms with E-state index in [1.54, 1.807) is 13.0 Å². The highest BCUT2D eigenvalue weighted by Crippen LogP contribution is 1.71. The Bertz CT molecular complexity index is 423. The lowest BCUT2D eigenvalue weighted by atomic mass is 10.5. The van der Waals surface area contributed by atoms with E-state index in [2.05, 4.69) is 5.73 Å². The molecule has 0 aromatic rings. The van der Waals surface area contributed by atoms with E-state index in [4.69, 9.17) is 20.4 Å². The number of hydrogen-bond donors (Lipinski definition) is 5. The van der Waals surface area contributed by atoms with E-state index in [9.17, 15) is 24.0 Å². The predicted octanol–water partition coefficient (Wildman–Crippen LogP) is -0.529. The molecule has 0 saturated heterocycles. The highest BCUT2D eigenvalue weighted by Gasteiger charge is 1.88. The third-order valence-corrected chi connectivity index (χ3v) is 1.07. The van der Waals surface area contributed by atoms with Gasteiger partial charge in [0, 0.05) is 24.3 Å². The molecule has 0 aliphatic heterocycles. The van der Waals surface area contributed by atoms with Crippen molar-refractivity contribution in [1.29, 1.82) is 0 Å². The van der Waals surface area contributed by atoms with Gasteiger partial charge in [0.1, 0.15) is 0 Å². The molecule has 0 bridgehead atoms. The first-order valence-corrected chi connectivity index (χ1v) is 5.22. The van der Waals surface area contributed by atoms with Gasteiger partial charge in [0.15, 0.2) is 0 Å². The lowest BCUT2D eigenvalue weighted by Gasteiger charge is -1.74. The molecule has 6 N–H and O–H groups in total. The van der Waals surface area contributed by atoms with Crippen LogP contribution in [0.1, 0.15) is 6.92 Å². The van der Waals surface area contributed by atoms with Gasteiger partial charge in [-0.15, -0.1) is 0 Å². The minimum Gasteiger partial charge on any atom is -0.478 e. The molecule has 22 heavy (non-hydrogen) atoms. The van der Waals surface area contributed by atoms with Gasteiger partial charge in [0.2, 0.25) is 5.91 Å². The van der Waals surface area contributed by atoms with E-state index in [0.717, 1.165) is 0 Å². The number of nitrogens with two attached hydrogens (primary N) is 1. The SMILES string of the molecule is CC=CC(N)=O.O=C(O)/C=C\C(=O)O.O=C(O)/C=C\C(=O)O. The molecular formula is C12H15NO9. The molecule has 0 fully saturated rings. The lowest BCUT2D eigenvalue weighted by Crippen LogP contribution is -2.04. The summed E-state index contributed by atoms with van der Waals surface area (Å²) in [5, 5.41) is 31.2. The van der Waals surface area contributed by atoms with Crippen LogP contribution in [0, 0.1) is 0 Å². The van der Waals surface area contributed by atoms with Crippen LogP contribution in [0.5, 0.6) is 0 Å². The summed E-state index contributed by atoms with van der Waals surface area (Å²) in [4.78, 5) is 47.9. The molecule has 0 spiro atoms. The Morgan fingerprint density at radius 2 is 0.864 bits per heavy atom. The van der Waals surface area contributed by atoms with Gasteiger partial charge in [-0.3, -0.25) is 4.79 Å². The quantitative estimate of drug-likeness (QED) is 0.414. The number of rotatable bonds is 5. The summed E-state index contributed by atoms with van der Waals surface area (Å²) < 4.78 is 0. The monoisotopic (exact) mass is 317 g/mol. The van der Waals surface area contributed by atoms with Gasteiger partial charge < -0.3 is 26.2 Å². The number of primary amides is 1. The Kier molecular flexibility index (Phi) is 16.8. The number of allylic oxidation sites excluding steroid dienone is 1. The Morgan fingerprint density at radius 3 is 0.909 bits per heavy atom. The fourth-order valence-corrected chi connectivity index (χ4v) is 0.449. The third kappa shape index (κ3) is 43.9. The van der Waals surface area contributed by atoms with Gasteiger partial charge >= 0.3 is 23.9 Å². The molecule has 0 aromatic carbocycles. The molecule has 122 valence electrons. The van der Waals surface area contributed by atoms with Gasteiger partial charge in [0.25, 0.3) is 0 Å². The number of aliphatic carboxylic acids is 4. The summed E-state index contributed by atoms with van der Waals surface area (Å²) in [7, 11) is 0. The Morgan fingerprint density at radius 1 is 0.636 bits per heavy atom. The number of hydrogen-bond acceptors (Lipinski definition) is 5. The van der Waals surface area contributed by atoms with Gasteiger partial charge in [-0.2, -0.15) is 0 Å². The average Bonchev–Trinajstić information content (AvgIpc) is 2.35. The standard InChI is InChI=1S/C4H7NO.2C4H4O4/c1-2-3-4(5)6;2*5-3(6)1-2-4(7)8/h2-3H,1H3,(H2,5,6);2*1-2H,(H,5,6)(H,7,8)/b;2*2-1-. The topological polar surface area (TPSA) is 192 Å². The summed E-state index contributed by atoms with van der Waals surface area (Å²) in [6.07, 6.45) is 5.14. The smallest absolute Gasteiger partial charge is 0.328 e. The van der Waals surface area contributed by atoms with Gasteiger partial charge in [-0.25, -0.2) is 19.2 Å². The predicted molar refractivity (Wildman–Crippen MR) is 72.8 cm³/mol. The van der Waals surface area contributed by atoms with E-state index in [1.165, 1.54) is 6.08 Å². The maximum absolute atomic E-state index is 9.73. The highest BCUT2D eigenvalue weighted by atomic mass is 16.4. The van der Waals surface area contributed by atoms with Crippen molar-refractivity contribution in [2.75, 3.05) is 0 Å². The van der Waals surface area contributed by atoms with Crippen molar-refractivity contribution in [3.63, 3.8) is 0 Å². The zero-order valence-corrected chi connectivity index (χ0v) is 11.4. The number of carboxylic acid groups (broad SMARTS) is 4. The average molecular weight is 317 g/mol. The van der Waals surface area contributed by atoms with Gasteiger partial charge in [-0.1, -0.05) is 6.08 Å². The Labute approximate surface area is 124 Å². The number of carbonyl (C=O) groups excluding carboxylic acids is 1. The Hall–Kier alpha value is -3.43. The second-order valence-corrected chi connectivity index (χ2v) is 2.92. The molecule has 0 radical (unpaired) electrons. The van der Waals surface area contributed by atoms with Gasteiger partial charge in [-0.05, 0) is 13.0 Å². The second-order valence-electron chi connectivity index (χ2n) is 2.92. The van der Waals surface area contributed by atoms with E-state index in [0.29, 0.717) is 24.3 Å².